The second-order valence-corrected chi connectivity index (χ2v) is 6.18. The second kappa shape index (κ2) is 6.90. The SMILES string of the molecule is C[C@@H](Cc1ccc(Br)cc1)NC(=O)C[C@@H]1C=CCC1. The van der Waals surface area contributed by atoms with Crippen molar-refractivity contribution in [2.24, 2.45) is 5.92 Å². The van der Waals surface area contributed by atoms with Gasteiger partial charge in [-0.3, -0.25) is 4.79 Å². The molecule has 0 fully saturated rings. The first-order valence-corrected chi connectivity index (χ1v) is 7.63. The lowest BCUT2D eigenvalue weighted by Gasteiger charge is -2.15. The minimum atomic E-state index is 0.168. The van der Waals surface area contributed by atoms with Crippen LogP contribution in [0.3, 0.4) is 0 Å². The van der Waals surface area contributed by atoms with Gasteiger partial charge < -0.3 is 5.32 Å². The van der Waals surface area contributed by atoms with E-state index in [1.165, 1.54) is 5.56 Å². The summed E-state index contributed by atoms with van der Waals surface area (Å²) in [5.74, 6) is 0.612. The number of hydrogen-bond acceptors (Lipinski definition) is 1. The first-order valence-electron chi connectivity index (χ1n) is 6.84. The van der Waals surface area contributed by atoms with Gasteiger partial charge in [-0.1, -0.05) is 40.2 Å². The van der Waals surface area contributed by atoms with Crippen molar-refractivity contribution in [1.29, 1.82) is 0 Å². The van der Waals surface area contributed by atoms with Gasteiger partial charge in [0.25, 0.3) is 0 Å². The fourth-order valence-corrected chi connectivity index (χ4v) is 2.73. The third-order valence-corrected chi connectivity index (χ3v) is 3.95. The molecule has 2 nitrogen and oxygen atoms in total. The maximum Gasteiger partial charge on any atom is 0.220 e. The Bertz CT molecular complexity index is 452. The number of rotatable bonds is 5. The van der Waals surface area contributed by atoms with Crippen molar-refractivity contribution >= 4 is 21.8 Å². The van der Waals surface area contributed by atoms with E-state index in [9.17, 15) is 4.79 Å². The van der Waals surface area contributed by atoms with E-state index in [-0.39, 0.29) is 11.9 Å². The van der Waals surface area contributed by atoms with Gasteiger partial charge in [0.1, 0.15) is 0 Å². The lowest BCUT2D eigenvalue weighted by molar-refractivity contribution is -0.122. The number of hydrogen-bond donors (Lipinski definition) is 1. The molecular formula is C16H20BrNO. The average Bonchev–Trinajstić information content (AvgIpc) is 2.84. The molecule has 3 heteroatoms. The Morgan fingerprint density at radius 1 is 1.42 bits per heavy atom. The molecule has 0 bridgehead atoms. The predicted octanol–water partition coefficient (Wildman–Crippen LogP) is 3.85. The summed E-state index contributed by atoms with van der Waals surface area (Å²) in [5, 5.41) is 3.09. The van der Waals surface area contributed by atoms with Gasteiger partial charge in [-0.25, -0.2) is 0 Å². The smallest absolute Gasteiger partial charge is 0.220 e. The molecule has 19 heavy (non-hydrogen) atoms. The Morgan fingerprint density at radius 3 is 2.79 bits per heavy atom. The summed E-state index contributed by atoms with van der Waals surface area (Å²) in [6.07, 6.45) is 8.07. The molecule has 0 saturated carbocycles. The molecule has 0 aliphatic heterocycles. The average molecular weight is 322 g/mol. The summed E-state index contributed by atoms with van der Waals surface area (Å²) in [6, 6.07) is 8.43. The normalized spacial score (nSPS) is 19.4. The van der Waals surface area contributed by atoms with E-state index >= 15 is 0 Å². The zero-order valence-electron chi connectivity index (χ0n) is 11.2. The summed E-state index contributed by atoms with van der Waals surface area (Å²) in [7, 11) is 0. The van der Waals surface area contributed by atoms with Crippen LogP contribution in [0.4, 0.5) is 0 Å². The molecule has 1 aromatic rings. The van der Waals surface area contributed by atoms with Gasteiger partial charge in [-0.15, -0.1) is 0 Å². The van der Waals surface area contributed by atoms with Crippen LogP contribution in [0.5, 0.6) is 0 Å². The zero-order valence-corrected chi connectivity index (χ0v) is 12.8. The quantitative estimate of drug-likeness (QED) is 0.820. The molecule has 2 atom stereocenters. The third-order valence-electron chi connectivity index (χ3n) is 3.42. The van der Waals surface area contributed by atoms with E-state index in [1.807, 2.05) is 12.1 Å². The van der Waals surface area contributed by atoms with Crippen molar-refractivity contribution in [2.75, 3.05) is 0 Å². The van der Waals surface area contributed by atoms with Gasteiger partial charge >= 0.3 is 0 Å². The zero-order chi connectivity index (χ0) is 13.7. The van der Waals surface area contributed by atoms with Crippen molar-refractivity contribution in [3.05, 3.63) is 46.5 Å². The molecular weight excluding hydrogens is 302 g/mol. The molecule has 1 amide bonds. The maximum absolute atomic E-state index is 11.9. The van der Waals surface area contributed by atoms with Gasteiger partial charge in [0.05, 0.1) is 0 Å². The minimum Gasteiger partial charge on any atom is -0.353 e. The number of carbonyl (C=O) groups excluding carboxylic acids is 1. The molecule has 0 saturated heterocycles. The Morgan fingerprint density at radius 2 is 2.16 bits per heavy atom. The Hall–Kier alpha value is -1.09. The predicted molar refractivity (Wildman–Crippen MR) is 81.9 cm³/mol. The molecule has 0 unspecified atom stereocenters. The first-order chi connectivity index (χ1) is 9.13. The fraction of sp³-hybridized carbons (Fsp3) is 0.438. The maximum atomic E-state index is 11.9. The van der Waals surface area contributed by atoms with E-state index in [0.717, 1.165) is 23.7 Å². The second-order valence-electron chi connectivity index (χ2n) is 5.27. The van der Waals surface area contributed by atoms with Crippen molar-refractivity contribution in [1.82, 2.24) is 5.32 Å². The minimum absolute atomic E-state index is 0.168. The summed E-state index contributed by atoms with van der Waals surface area (Å²) in [5.41, 5.74) is 1.25. The summed E-state index contributed by atoms with van der Waals surface area (Å²) in [4.78, 5) is 11.9. The van der Waals surface area contributed by atoms with Crippen LogP contribution in [-0.4, -0.2) is 11.9 Å². The molecule has 1 aliphatic carbocycles. The molecule has 1 aliphatic rings. The van der Waals surface area contributed by atoms with E-state index in [1.54, 1.807) is 0 Å². The van der Waals surface area contributed by atoms with E-state index in [4.69, 9.17) is 0 Å². The lowest BCUT2D eigenvalue weighted by atomic mass is 10.0. The van der Waals surface area contributed by atoms with Crippen LogP contribution >= 0.6 is 15.9 Å². The topological polar surface area (TPSA) is 29.1 Å². The third kappa shape index (κ3) is 4.83. The van der Waals surface area contributed by atoms with Crippen molar-refractivity contribution in [2.45, 2.75) is 38.6 Å². The summed E-state index contributed by atoms with van der Waals surface area (Å²) >= 11 is 3.42. The van der Waals surface area contributed by atoms with Crippen LogP contribution in [-0.2, 0) is 11.2 Å². The van der Waals surface area contributed by atoms with E-state index in [2.05, 4.69) is 52.5 Å². The number of amides is 1. The molecule has 0 aromatic heterocycles. The fourth-order valence-electron chi connectivity index (χ4n) is 2.46. The monoisotopic (exact) mass is 321 g/mol. The van der Waals surface area contributed by atoms with Gasteiger partial charge in [0.2, 0.25) is 5.91 Å². The van der Waals surface area contributed by atoms with Gasteiger partial charge in [0.15, 0.2) is 0 Å². The number of benzene rings is 1. The lowest BCUT2D eigenvalue weighted by Crippen LogP contribution is -2.34. The Labute approximate surface area is 123 Å². The van der Waals surface area contributed by atoms with Crippen molar-refractivity contribution in [3.8, 4) is 0 Å². The molecule has 1 N–H and O–H groups in total. The van der Waals surface area contributed by atoms with Crippen LogP contribution in [0.15, 0.2) is 40.9 Å². The highest BCUT2D eigenvalue weighted by Crippen LogP contribution is 2.20. The number of nitrogens with one attached hydrogen (secondary N) is 1. The van der Waals surface area contributed by atoms with Gasteiger partial charge in [-0.2, -0.15) is 0 Å². The van der Waals surface area contributed by atoms with E-state index in [0.29, 0.717) is 12.3 Å². The van der Waals surface area contributed by atoms with Crippen molar-refractivity contribution < 1.29 is 4.79 Å². The van der Waals surface area contributed by atoms with Crippen LogP contribution in [0.2, 0.25) is 0 Å². The molecule has 102 valence electrons. The molecule has 0 heterocycles. The first kappa shape index (κ1) is 14.3. The van der Waals surface area contributed by atoms with Crippen LogP contribution in [0.1, 0.15) is 31.7 Å². The van der Waals surface area contributed by atoms with Crippen LogP contribution in [0.25, 0.3) is 0 Å². The Balaban J connectivity index is 1.76. The number of carbonyl (C=O) groups is 1. The molecule has 2 rings (SSSR count). The van der Waals surface area contributed by atoms with Crippen LogP contribution < -0.4 is 5.32 Å². The standard InChI is InChI=1S/C16H20BrNO/c1-12(10-14-6-8-15(17)9-7-14)18-16(19)11-13-4-2-3-5-13/h2,4,6-9,12-13H,3,5,10-11H2,1H3,(H,18,19)/t12-,13+/m0/s1. The largest absolute Gasteiger partial charge is 0.353 e. The highest BCUT2D eigenvalue weighted by molar-refractivity contribution is 9.10. The van der Waals surface area contributed by atoms with E-state index < -0.39 is 0 Å². The van der Waals surface area contributed by atoms with Gasteiger partial charge in [0, 0.05) is 16.9 Å². The highest BCUT2D eigenvalue weighted by atomic mass is 79.9. The molecule has 0 radical (unpaired) electrons. The number of allylic oxidation sites excluding steroid dienone is 2. The summed E-state index contributed by atoms with van der Waals surface area (Å²) in [6.45, 7) is 2.06. The molecule has 1 aromatic carbocycles. The number of halogens is 1. The van der Waals surface area contributed by atoms with Crippen molar-refractivity contribution in [3.63, 3.8) is 0 Å². The Kier molecular flexibility index (Phi) is 5.20. The summed E-state index contributed by atoms with van der Waals surface area (Å²) < 4.78 is 1.08. The highest BCUT2D eigenvalue weighted by Gasteiger charge is 2.15. The van der Waals surface area contributed by atoms with Gasteiger partial charge in [-0.05, 0) is 49.8 Å². The van der Waals surface area contributed by atoms with Crippen LogP contribution in [0, 0.1) is 5.92 Å². The molecule has 0 spiro atoms.